The Labute approximate surface area is 155 Å². The van der Waals surface area contributed by atoms with E-state index in [-0.39, 0.29) is 5.91 Å². The van der Waals surface area contributed by atoms with Gasteiger partial charge in [-0.25, -0.2) is 9.97 Å². The Balaban J connectivity index is 1.95. The van der Waals surface area contributed by atoms with E-state index in [0.717, 1.165) is 17.0 Å². The van der Waals surface area contributed by atoms with Gasteiger partial charge in [-0.15, -0.1) is 0 Å². The van der Waals surface area contributed by atoms with Gasteiger partial charge in [-0.2, -0.15) is 0 Å². The minimum absolute atomic E-state index is 0.146. The average molecular weight is 369 g/mol. The number of rotatable bonds is 3. The first-order valence-electron chi connectivity index (χ1n) is 8.09. The number of hydrogen-bond donors (Lipinski definition) is 1. The summed E-state index contributed by atoms with van der Waals surface area (Å²) in [6.07, 6.45) is 5.28. The molecule has 26 heavy (non-hydrogen) atoms. The summed E-state index contributed by atoms with van der Waals surface area (Å²) in [5, 5.41) is 3.49. The maximum absolute atomic E-state index is 12.9. The summed E-state index contributed by atoms with van der Waals surface area (Å²) < 4.78 is 7.37. The van der Waals surface area contributed by atoms with Crippen molar-refractivity contribution in [2.75, 3.05) is 12.4 Å². The van der Waals surface area contributed by atoms with Gasteiger partial charge in [0.25, 0.3) is 0 Å². The number of amides is 1. The third-order valence-electron chi connectivity index (χ3n) is 4.89. The Hall–Kier alpha value is -2.86. The largest absolute Gasteiger partial charge is 0.481 e. The van der Waals surface area contributed by atoms with Crippen LogP contribution in [0, 0.1) is 0 Å². The molecule has 1 aliphatic rings. The number of nitrogens with one attached hydrogen (secondary N) is 1. The van der Waals surface area contributed by atoms with E-state index in [0.29, 0.717) is 22.2 Å². The van der Waals surface area contributed by atoms with Gasteiger partial charge in [0.15, 0.2) is 0 Å². The molecular weight excluding hydrogens is 352 g/mol. The number of carbonyl (C=O) groups is 1. The fraction of sp³-hybridized carbons (Fsp3) is 0.211. The van der Waals surface area contributed by atoms with Crippen LogP contribution >= 0.6 is 11.6 Å². The van der Waals surface area contributed by atoms with Gasteiger partial charge in [-0.3, -0.25) is 4.79 Å². The summed E-state index contributed by atoms with van der Waals surface area (Å²) in [6, 6.07) is 7.31. The Morgan fingerprint density at radius 2 is 2.04 bits per heavy atom. The number of nitrogens with zero attached hydrogens (tertiary/aromatic N) is 3. The number of anilines is 1. The highest BCUT2D eigenvalue weighted by Crippen LogP contribution is 2.46. The number of fused-ring (bicyclic) bond motifs is 1. The van der Waals surface area contributed by atoms with Crippen LogP contribution < -0.4 is 10.1 Å². The highest BCUT2D eigenvalue weighted by Gasteiger charge is 2.46. The zero-order valence-corrected chi connectivity index (χ0v) is 15.3. The van der Waals surface area contributed by atoms with Gasteiger partial charge >= 0.3 is 0 Å². The van der Waals surface area contributed by atoms with Crippen LogP contribution in [0.1, 0.15) is 18.1 Å². The van der Waals surface area contributed by atoms with E-state index in [9.17, 15) is 4.79 Å². The highest BCUT2D eigenvalue weighted by atomic mass is 35.5. The minimum atomic E-state index is -0.945. The summed E-state index contributed by atoms with van der Waals surface area (Å²) in [4.78, 5) is 21.7. The molecule has 4 rings (SSSR count). The van der Waals surface area contributed by atoms with Crippen molar-refractivity contribution in [3.05, 3.63) is 59.0 Å². The number of halogens is 1. The lowest BCUT2D eigenvalue weighted by molar-refractivity contribution is -0.119. The molecule has 0 fully saturated rings. The van der Waals surface area contributed by atoms with Gasteiger partial charge in [0.2, 0.25) is 11.8 Å². The van der Waals surface area contributed by atoms with Crippen LogP contribution in [0.5, 0.6) is 5.88 Å². The van der Waals surface area contributed by atoms with Crippen molar-refractivity contribution < 1.29 is 9.53 Å². The number of imidazole rings is 1. The van der Waals surface area contributed by atoms with E-state index in [1.807, 2.05) is 36.9 Å². The Morgan fingerprint density at radius 3 is 2.73 bits per heavy atom. The fourth-order valence-corrected chi connectivity index (χ4v) is 3.60. The van der Waals surface area contributed by atoms with Crippen molar-refractivity contribution in [1.82, 2.24) is 14.5 Å². The number of methoxy groups -OCH3 is 1. The first-order chi connectivity index (χ1) is 12.4. The smallest absolute Gasteiger partial charge is 0.239 e. The summed E-state index contributed by atoms with van der Waals surface area (Å²) in [7, 11) is 3.46. The molecule has 6 nitrogen and oxygen atoms in total. The van der Waals surface area contributed by atoms with Crippen molar-refractivity contribution >= 4 is 23.2 Å². The van der Waals surface area contributed by atoms with Crippen molar-refractivity contribution in [2.24, 2.45) is 7.05 Å². The van der Waals surface area contributed by atoms with E-state index in [1.165, 1.54) is 0 Å². The summed E-state index contributed by atoms with van der Waals surface area (Å²) in [5.41, 5.74) is 2.08. The number of benzene rings is 1. The standard InChI is InChI=1S/C19H17ClN4O2/c1-19(13-5-4-12(20)9-15(13)23-18(19)25)14-8-11(10-22-17(14)26-3)16-21-6-7-24(16)2/h4-10H,1-3H3,(H,23,25)/t19-/m1/s1. The average Bonchev–Trinajstić information content (AvgIpc) is 3.16. The van der Waals surface area contributed by atoms with E-state index >= 15 is 0 Å². The lowest BCUT2D eigenvalue weighted by atomic mass is 9.77. The number of carbonyl (C=O) groups excluding carboxylic acids is 1. The number of hydrogen-bond acceptors (Lipinski definition) is 4. The molecule has 1 aliphatic heterocycles. The monoisotopic (exact) mass is 368 g/mol. The summed E-state index contributed by atoms with van der Waals surface area (Å²) in [5.74, 6) is 1.02. The molecule has 0 unspecified atom stereocenters. The molecule has 0 bridgehead atoms. The van der Waals surface area contributed by atoms with Gasteiger partial charge in [-0.05, 0) is 30.7 Å². The topological polar surface area (TPSA) is 69.0 Å². The maximum Gasteiger partial charge on any atom is 0.239 e. The second-order valence-electron chi connectivity index (χ2n) is 6.41. The lowest BCUT2D eigenvalue weighted by Crippen LogP contribution is -2.33. The summed E-state index contributed by atoms with van der Waals surface area (Å²) >= 11 is 6.08. The molecule has 0 saturated carbocycles. The van der Waals surface area contributed by atoms with Gasteiger partial charge in [0.05, 0.1) is 7.11 Å². The molecule has 3 heterocycles. The molecule has 7 heteroatoms. The van der Waals surface area contributed by atoms with Gasteiger partial charge in [0.1, 0.15) is 11.2 Å². The normalized spacial score (nSPS) is 18.5. The molecule has 0 saturated heterocycles. The maximum atomic E-state index is 12.9. The SMILES string of the molecule is COc1ncc(-c2nccn2C)cc1[C@]1(C)C(=O)Nc2cc(Cl)ccc21. The quantitative estimate of drug-likeness (QED) is 0.769. The minimum Gasteiger partial charge on any atom is -0.481 e. The van der Waals surface area contributed by atoms with Crippen LogP contribution in [0.3, 0.4) is 0 Å². The molecule has 1 amide bonds. The van der Waals surface area contributed by atoms with E-state index in [1.54, 1.807) is 31.6 Å². The Kier molecular flexibility index (Phi) is 3.73. The Morgan fingerprint density at radius 1 is 1.23 bits per heavy atom. The van der Waals surface area contributed by atoms with Gasteiger partial charge in [0, 0.05) is 47.5 Å². The number of aromatic nitrogens is 3. The molecule has 132 valence electrons. The van der Waals surface area contributed by atoms with Gasteiger partial charge in [-0.1, -0.05) is 17.7 Å². The second-order valence-corrected chi connectivity index (χ2v) is 6.85. The molecule has 2 aromatic heterocycles. The summed E-state index contributed by atoms with van der Waals surface area (Å²) in [6.45, 7) is 1.86. The second kappa shape index (κ2) is 5.85. The molecule has 1 N–H and O–H groups in total. The molecule has 1 atom stereocenters. The molecule has 3 aromatic rings. The molecule has 1 aromatic carbocycles. The van der Waals surface area contributed by atoms with Crippen molar-refractivity contribution in [2.45, 2.75) is 12.3 Å². The van der Waals surface area contributed by atoms with Gasteiger partial charge < -0.3 is 14.6 Å². The Bertz CT molecular complexity index is 1030. The molecule has 0 aliphatic carbocycles. The third kappa shape index (κ3) is 2.29. The van der Waals surface area contributed by atoms with Crippen molar-refractivity contribution in [3.8, 4) is 17.3 Å². The van der Waals surface area contributed by atoms with Crippen LogP contribution in [0.4, 0.5) is 5.69 Å². The van der Waals surface area contributed by atoms with Crippen LogP contribution in [-0.4, -0.2) is 27.6 Å². The third-order valence-corrected chi connectivity index (χ3v) is 5.12. The first kappa shape index (κ1) is 16.6. The predicted octanol–water partition coefficient (Wildman–Crippen LogP) is 3.40. The fourth-order valence-electron chi connectivity index (χ4n) is 3.43. The van der Waals surface area contributed by atoms with Crippen molar-refractivity contribution in [1.29, 1.82) is 0 Å². The van der Waals surface area contributed by atoms with E-state index < -0.39 is 5.41 Å². The number of pyridine rings is 1. The van der Waals surface area contributed by atoms with Crippen LogP contribution in [0.25, 0.3) is 11.4 Å². The first-order valence-corrected chi connectivity index (χ1v) is 8.46. The number of ether oxygens (including phenoxy) is 1. The number of aryl methyl sites for hydroxylation is 1. The van der Waals surface area contributed by atoms with E-state index in [2.05, 4.69) is 15.3 Å². The van der Waals surface area contributed by atoms with E-state index in [4.69, 9.17) is 16.3 Å². The van der Waals surface area contributed by atoms with Crippen LogP contribution in [0.2, 0.25) is 5.02 Å². The zero-order chi connectivity index (χ0) is 18.5. The molecule has 0 spiro atoms. The highest BCUT2D eigenvalue weighted by molar-refractivity contribution is 6.31. The molecule has 0 radical (unpaired) electrons. The zero-order valence-electron chi connectivity index (χ0n) is 14.6. The van der Waals surface area contributed by atoms with Crippen LogP contribution in [0.15, 0.2) is 42.9 Å². The lowest BCUT2D eigenvalue weighted by Gasteiger charge is -2.25. The predicted molar refractivity (Wildman–Crippen MR) is 99.5 cm³/mol. The molecular formula is C19H17ClN4O2. The van der Waals surface area contributed by atoms with Crippen LogP contribution in [-0.2, 0) is 17.3 Å². The van der Waals surface area contributed by atoms with Crippen molar-refractivity contribution in [3.63, 3.8) is 0 Å².